The molecule has 2 rings (SSSR count). The molecular weight excluding hydrogens is 171 g/mol. The van der Waals surface area contributed by atoms with Gasteiger partial charge in [-0.1, -0.05) is 18.2 Å². The Morgan fingerprint density at radius 3 is 1.93 bits per heavy atom. The van der Waals surface area contributed by atoms with Crippen molar-refractivity contribution in [2.24, 2.45) is 0 Å². The van der Waals surface area contributed by atoms with Gasteiger partial charge in [-0.2, -0.15) is 0 Å². The van der Waals surface area contributed by atoms with E-state index in [0.29, 0.717) is 0 Å². The SMILES string of the molecule is [B-]c1ccc(Oc2ccccc2)cc1. The van der Waals surface area contributed by atoms with Crippen LogP contribution < -0.4 is 10.2 Å². The molecule has 0 saturated carbocycles. The summed E-state index contributed by atoms with van der Waals surface area (Å²) in [7, 11) is 5.56. The van der Waals surface area contributed by atoms with E-state index in [1.807, 2.05) is 54.6 Å². The minimum absolute atomic E-state index is 0.741. The normalized spacial score (nSPS) is 9.79. The molecule has 2 heteroatoms. The topological polar surface area (TPSA) is 9.23 Å². The van der Waals surface area contributed by atoms with Crippen molar-refractivity contribution >= 4 is 13.3 Å². The summed E-state index contributed by atoms with van der Waals surface area (Å²) >= 11 is 0. The standard InChI is InChI=1S/C12H9BO/c13-10-6-8-12(9-7-10)14-11-4-2-1-3-5-11/h1-9H/q-1. The molecule has 2 aromatic rings. The van der Waals surface area contributed by atoms with Crippen molar-refractivity contribution in [1.29, 1.82) is 0 Å². The zero-order chi connectivity index (χ0) is 9.80. The Balaban J connectivity index is 2.16. The second kappa shape index (κ2) is 4.01. The second-order valence-corrected chi connectivity index (χ2v) is 2.98. The van der Waals surface area contributed by atoms with Crippen LogP contribution in [0.15, 0.2) is 54.6 Å². The van der Waals surface area contributed by atoms with Crippen molar-refractivity contribution in [2.75, 3.05) is 0 Å². The Morgan fingerprint density at radius 1 is 0.714 bits per heavy atom. The minimum Gasteiger partial charge on any atom is -0.580 e. The lowest BCUT2D eigenvalue weighted by Crippen LogP contribution is -1.99. The van der Waals surface area contributed by atoms with E-state index < -0.39 is 0 Å². The highest BCUT2D eigenvalue weighted by Crippen LogP contribution is 2.18. The van der Waals surface area contributed by atoms with E-state index in [1.165, 1.54) is 0 Å². The van der Waals surface area contributed by atoms with Gasteiger partial charge in [-0.15, -0.1) is 12.1 Å². The highest BCUT2D eigenvalue weighted by Gasteiger charge is 1.92. The van der Waals surface area contributed by atoms with Crippen LogP contribution in [0, 0.1) is 0 Å². The quantitative estimate of drug-likeness (QED) is 0.644. The van der Waals surface area contributed by atoms with Gasteiger partial charge in [0.1, 0.15) is 11.5 Å². The van der Waals surface area contributed by atoms with E-state index in [0.717, 1.165) is 17.0 Å². The molecule has 0 heterocycles. The summed E-state index contributed by atoms with van der Waals surface area (Å²) in [5, 5.41) is 0. The third-order valence-corrected chi connectivity index (χ3v) is 1.86. The van der Waals surface area contributed by atoms with E-state index in [-0.39, 0.29) is 0 Å². The highest BCUT2D eigenvalue weighted by molar-refractivity contribution is 6.32. The zero-order valence-electron chi connectivity index (χ0n) is 7.68. The van der Waals surface area contributed by atoms with Crippen LogP contribution in [0.5, 0.6) is 11.5 Å². The average molecular weight is 180 g/mol. The third kappa shape index (κ3) is 2.16. The number of para-hydroxylation sites is 1. The molecule has 14 heavy (non-hydrogen) atoms. The molecule has 1 nitrogen and oxygen atoms in total. The predicted molar refractivity (Wildman–Crippen MR) is 58.3 cm³/mol. The van der Waals surface area contributed by atoms with Crippen LogP contribution in [-0.2, 0) is 0 Å². The molecule has 0 aliphatic heterocycles. The first-order valence-electron chi connectivity index (χ1n) is 4.43. The molecule has 0 aromatic heterocycles. The molecule has 0 atom stereocenters. The van der Waals surface area contributed by atoms with Crippen molar-refractivity contribution in [1.82, 2.24) is 0 Å². The Morgan fingerprint density at radius 2 is 1.29 bits per heavy atom. The minimum atomic E-state index is 0.741. The van der Waals surface area contributed by atoms with Crippen LogP contribution in [0.25, 0.3) is 0 Å². The lowest BCUT2D eigenvalue weighted by molar-refractivity contribution is 0.483. The number of hydrogen-bond donors (Lipinski definition) is 0. The molecule has 0 unspecified atom stereocenters. The molecule has 2 aromatic carbocycles. The zero-order valence-corrected chi connectivity index (χ0v) is 7.68. The van der Waals surface area contributed by atoms with Crippen molar-refractivity contribution in [2.45, 2.75) is 0 Å². The van der Waals surface area contributed by atoms with Crippen molar-refractivity contribution in [3.63, 3.8) is 0 Å². The second-order valence-electron chi connectivity index (χ2n) is 2.98. The first-order chi connectivity index (χ1) is 6.84. The van der Waals surface area contributed by atoms with Gasteiger partial charge in [-0.05, 0) is 24.3 Å². The fourth-order valence-corrected chi connectivity index (χ4v) is 1.16. The monoisotopic (exact) mass is 180 g/mol. The lowest BCUT2D eigenvalue weighted by Gasteiger charge is -2.09. The Hall–Kier alpha value is -1.70. The summed E-state index contributed by atoms with van der Waals surface area (Å²) in [5.74, 6) is 1.63. The number of ether oxygens (including phenoxy) is 1. The first-order valence-corrected chi connectivity index (χ1v) is 4.43. The summed E-state index contributed by atoms with van der Waals surface area (Å²) in [4.78, 5) is 0. The van der Waals surface area contributed by atoms with Gasteiger partial charge in [0, 0.05) is 0 Å². The summed E-state index contributed by atoms with van der Waals surface area (Å²) < 4.78 is 5.58. The summed E-state index contributed by atoms with van der Waals surface area (Å²) in [5.41, 5.74) is 0.741. The van der Waals surface area contributed by atoms with Gasteiger partial charge in [0.2, 0.25) is 0 Å². The number of rotatable bonds is 2. The van der Waals surface area contributed by atoms with Crippen LogP contribution in [-0.4, -0.2) is 7.85 Å². The average Bonchev–Trinajstić information content (AvgIpc) is 2.23. The number of hydrogen-bond acceptors (Lipinski definition) is 1. The van der Waals surface area contributed by atoms with E-state index >= 15 is 0 Å². The third-order valence-electron chi connectivity index (χ3n) is 1.86. The summed E-state index contributed by atoms with van der Waals surface area (Å²) in [6.07, 6.45) is 0. The molecule has 0 spiro atoms. The largest absolute Gasteiger partial charge is 0.580 e. The number of benzene rings is 2. The van der Waals surface area contributed by atoms with Crippen molar-refractivity contribution < 1.29 is 4.74 Å². The molecule has 0 fully saturated rings. The van der Waals surface area contributed by atoms with Gasteiger partial charge >= 0.3 is 0 Å². The fraction of sp³-hybridized carbons (Fsp3) is 0. The van der Waals surface area contributed by atoms with Gasteiger partial charge in [-0.25, -0.2) is 0 Å². The van der Waals surface area contributed by atoms with Gasteiger partial charge < -0.3 is 18.0 Å². The lowest BCUT2D eigenvalue weighted by atomic mass is 9.97. The molecule has 0 saturated heterocycles. The van der Waals surface area contributed by atoms with Crippen molar-refractivity contribution in [3.05, 3.63) is 54.6 Å². The van der Waals surface area contributed by atoms with E-state index in [1.54, 1.807) is 0 Å². The van der Waals surface area contributed by atoms with Crippen molar-refractivity contribution in [3.8, 4) is 11.5 Å². The fourth-order valence-electron chi connectivity index (χ4n) is 1.16. The molecule has 0 amide bonds. The molecule has 67 valence electrons. The van der Waals surface area contributed by atoms with Crippen LogP contribution in [0.4, 0.5) is 0 Å². The maximum absolute atomic E-state index is 5.58. The van der Waals surface area contributed by atoms with Gasteiger partial charge in [0.25, 0.3) is 0 Å². The molecule has 0 aliphatic carbocycles. The van der Waals surface area contributed by atoms with E-state index in [9.17, 15) is 0 Å². The molecule has 3 radical (unpaired) electrons. The van der Waals surface area contributed by atoms with Crippen LogP contribution in [0.3, 0.4) is 0 Å². The first kappa shape index (κ1) is 8.88. The summed E-state index contributed by atoms with van der Waals surface area (Å²) in [6, 6.07) is 17.0. The Kier molecular flexibility index (Phi) is 2.54. The molecule has 0 bridgehead atoms. The van der Waals surface area contributed by atoms with Gasteiger partial charge in [0.15, 0.2) is 0 Å². The van der Waals surface area contributed by atoms with Gasteiger partial charge in [-0.3, -0.25) is 0 Å². The van der Waals surface area contributed by atoms with Crippen LogP contribution in [0.1, 0.15) is 0 Å². The maximum atomic E-state index is 5.58. The smallest absolute Gasteiger partial charge is 0.127 e. The van der Waals surface area contributed by atoms with Crippen LogP contribution in [0.2, 0.25) is 0 Å². The van der Waals surface area contributed by atoms with Crippen LogP contribution >= 0.6 is 0 Å². The Bertz CT molecular complexity index is 394. The maximum Gasteiger partial charge on any atom is 0.127 e. The summed E-state index contributed by atoms with van der Waals surface area (Å²) in [6.45, 7) is 0. The molecule has 0 N–H and O–H groups in total. The predicted octanol–water partition coefficient (Wildman–Crippen LogP) is 2.27. The van der Waals surface area contributed by atoms with E-state index in [2.05, 4.69) is 0 Å². The highest BCUT2D eigenvalue weighted by atomic mass is 16.5. The molecule has 0 aliphatic rings. The molecular formula is C12H9BO-. The van der Waals surface area contributed by atoms with Gasteiger partial charge in [0.05, 0.1) is 0 Å². The Labute approximate surface area is 84.8 Å². The van der Waals surface area contributed by atoms with E-state index in [4.69, 9.17) is 12.6 Å².